The molecule has 0 spiro atoms. The second kappa shape index (κ2) is 11.3. The van der Waals surface area contributed by atoms with Gasteiger partial charge in [0.1, 0.15) is 23.5 Å². The zero-order chi connectivity index (χ0) is 26.6. The van der Waals surface area contributed by atoms with Crippen molar-refractivity contribution in [3.05, 3.63) is 53.6 Å². The van der Waals surface area contributed by atoms with Gasteiger partial charge in [-0.1, -0.05) is 24.3 Å². The van der Waals surface area contributed by atoms with Gasteiger partial charge in [0, 0.05) is 18.7 Å². The third-order valence-electron chi connectivity index (χ3n) is 7.19. The Balaban J connectivity index is 1.46. The van der Waals surface area contributed by atoms with Gasteiger partial charge in [-0.25, -0.2) is 4.39 Å². The standard InChI is InChI=1S/C29H35FN4O3/c1-29(2,30)19-33-14-11-20(12-15-33)18-37-26-10-9-21(16-22(26)17-31)23-6-3-4-7-24(23)28(36)34-13-5-8-25(34)27(32)35/h3-4,6-7,9-10,16,20,25H,5,8,11-15,18-19H2,1-2H3,(H2,32,35)/t25-/m0/s1. The lowest BCUT2D eigenvalue weighted by atomic mass is 9.96. The van der Waals surface area contributed by atoms with Crippen molar-refractivity contribution in [2.75, 3.05) is 32.8 Å². The van der Waals surface area contributed by atoms with Crippen LogP contribution in [0, 0.1) is 17.2 Å². The highest BCUT2D eigenvalue weighted by atomic mass is 19.1. The second-order valence-electron chi connectivity index (χ2n) is 10.7. The van der Waals surface area contributed by atoms with Crippen molar-refractivity contribution in [3.63, 3.8) is 0 Å². The minimum Gasteiger partial charge on any atom is -0.492 e. The monoisotopic (exact) mass is 506 g/mol. The van der Waals surface area contributed by atoms with Crippen LogP contribution < -0.4 is 10.5 Å². The number of piperidine rings is 1. The molecular weight excluding hydrogens is 471 g/mol. The fourth-order valence-corrected chi connectivity index (χ4v) is 5.34. The molecule has 2 aromatic carbocycles. The molecule has 2 fully saturated rings. The Labute approximate surface area is 218 Å². The van der Waals surface area contributed by atoms with Gasteiger partial charge in [0.15, 0.2) is 0 Å². The van der Waals surface area contributed by atoms with Crippen molar-refractivity contribution >= 4 is 11.8 Å². The van der Waals surface area contributed by atoms with Crippen LogP contribution in [0.15, 0.2) is 42.5 Å². The molecule has 2 heterocycles. The molecule has 8 heteroatoms. The number of alkyl halides is 1. The van der Waals surface area contributed by atoms with Crippen molar-refractivity contribution in [3.8, 4) is 22.9 Å². The van der Waals surface area contributed by atoms with E-state index in [-0.39, 0.29) is 5.91 Å². The van der Waals surface area contributed by atoms with E-state index < -0.39 is 17.6 Å². The molecule has 1 atom stereocenters. The molecule has 0 bridgehead atoms. The number of likely N-dealkylation sites (tertiary alicyclic amines) is 2. The average Bonchev–Trinajstić information content (AvgIpc) is 3.37. The van der Waals surface area contributed by atoms with Crippen LogP contribution in [-0.4, -0.2) is 66.1 Å². The molecule has 0 saturated carbocycles. The van der Waals surface area contributed by atoms with Gasteiger partial charge in [-0.2, -0.15) is 5.26 Å². The van der Waals surface area contributed by atoms with Crippen LogP contribution >= 0.6 is 0 Å². The summed E-state index contributed by atoms with van der Waals surface area (Å²) >= 11 is 0. The van der Waals surface area contributed by atoms with Crippen LogP contribution in [0.25, 0.3) is 11.1 Å². The minimum atomic E-state index is -1.20. The maximum atomic E-state index is 13.9. The number of halogens is 1. The first-order valence-corrected chi connectivity index (χ1v) is 12.9. The normalized spacial score (nSPS) is 19.0. The number of carbonyl (C=O) groups is 2. The molecule has 4 rings (SSSR count). The van der Waals surface area contributed by atoms with Gasteiger partial charge < -0.3 is 20.3 Å². The zero-order valence-corrected chi connectivity index (χ0v) is 21.6. The minimum absolute atomic E-state index is 0.238. The molecule has 0 aliphatic carbocycles. The van der Waals surface area contributed by atoms with Crippen molar-refractivity contribution in [2.45, 2.75) is 51.2 Å². The first-order chi connectivity index (χ1) is 17.7. The van der Waals surface area contributed by atoms with E-state index in [0.29, 0.717) is 54.5 Å². The van der Waals surface area contributed by atoms with Crippen LogP contribution in [0.4, 0.5) is 4.39 Å². The van der Waals surface area contributed by atoms with Crippen LogP contribution in [-0.2, 0) is 4.79 Å². The molecule has 2 aromatic rings. The average molecular weight is 507 g/mol. The predicted molar refractivity (Wildman–Crippen MR) is 140 cm³/mol. The zero-order valence-electron chi connectivity index (χ0n) is 21.6. The lowest BCUT2D eigenvalue weighted by Crippen LogP contribution is -2.43. The highest BCUT2D eigenvalue weighted by molar-refractivity contribution is 6.03. The van der Waals surface area contributed by atoms with Gasteiger partial charge in [0.2, 0.25) is 5.91 Å². The van der Waals surface area contributed by atoms with E-state index in [0.717, 1.165) is 37.9 Å². The van der Waals surface area contributed by atoms with Crippen LogP contribution in [0.1, 0.15) is 55.5 Å². The number of nitriles is 1. The summed E-state index contributed by atoms with van der Waals surface area (Å²) in [5, 5.41) is 9.82. The topological polar surface area (TPSA) is 99.7 Å². The molecule has 2 amide bonds. The maximum Gasteiger partial charge on any atom is 0.255 e. The van der Waals surface area contributed by atoms with E-state index in [9.17, 15) is 19.2 Å². The highest BCUT2D eigenvalue weighted by Gasteiger charge is 2.34. The fraction of sp³-hybridized carbons (Fsp3) is 0.483. The second-order valence-corrected chi connectivity index (χ2v) is 10.7. The van der Waals surface area contributed by atoms with Crippen molar-refractivity contribution in [1.29, 1.82) is 5.26 Å². The third kappa shape index (κ3) is 6.47. The van der Waals surface area contributed by atoms with Gasteiger partial charge >= 0.3 is 0 Å². The molecule has 0 radical (unpaired) electrons. The predicted octanol–water partition coefficient (Wildman–Crippen LogP) is 4.15. The number of carbonyl (C=O) groups excluding carboxylic acids is 2. The Morgan fingerprint density at radius 1 is 1.14 bits per heavy atom. The van der Waals surface area contributed by atoms with Crippen LogP contribution in [0.5, 0.6) is 5.75 Å². The molecular formula is C29H35FN4O3. The molecule has 0 unspecified atom stereocenters. The Hall–Kier alpha value is -3.44. The van der Waals surface area contributed by atoms with Crippen molar-refractivity contribution in [1.82, 2.24) is 9.80 Å². The summed E-state index contributed by atoms with van der Waals surface area (Å²) in [5.74, 6) is 0.129. The summed E-state index contributed by atoms with van der Waals surface area (Å²) in [6.07, 6.45) is 3.16. The number of primary amides is 1. The summed E-state index contributed by atoms with van der Waals surface area (Å²) in [4.78, 5) is 28.9. The third-order valence-corrected chi connectivity index (χ3v) is 7.19. The molecule has 0 aromatic heterocycles. The number of hydrogen-bond donors (Lipinski definition) is 1. The summed E-state index contributed by atoms with van der Waals surface area (Å²) in [5.41, 5.74) is 6.60. The summed E-state index contributed by atoms with van der Waals surface area (Å²) < 4.78 is 20.0. The number of nitrogens with zero attached hydrogens (tertiary/aromatic N) is 3. The number of rotatable bonds is 8. The van der Waals surface area contributed by atoms with E-state index in [2.05, 4.69) is 11.0 Å². The van der Waals surface area contributed by atoms with Crippen LogP contribution in [0.3, 0.4) is 0 Å². The van der Waals surface area contributed by atoms with E-state index in [1.54, 1.807) is 43.0 Å². The largest absolute Gasteiger partial charge is 0.492 e. The molecule has 2 aliphatic heterocycles. The Morgan fingerprint density at radius 3 is 2.54 bits per heavy atom. The number of hydrogen-bond acceptors (Lipinski definition) is 5. The smallest absolute Gasteiger partial charge is 0.255 e. The lowest BCUT2D eigenvalue weighted by Gasteiger charge is -2.34. The number of nitrogens with two attached hydrogens (primary N) is 1. The summed E-state index contributed by atoms with van der Waals surface area (Å²) in [7, 11) is 0. The van der Waals surface area contributed by atoms with Crippen LogP contribution in [0.2, 0.25) is 0 Å². The lowest BCUT2D eigenvalue weighted by molar-refractivity contribution is -0.121. The number of amides is 2. The fourth-order valence-electron chi connectivity index (χ4n) is 5.34. The summed E-state index contributed by atoms with van der Waals surface area (Å²) in [6.45, 7) is 6.31. The number of benzene rings is 2. The molecule has 37 heavy (non-hydrogen) atoms. The summed E-state index contributed by atoms with van der Waals surface area (Å²) in [6, 6.07) is 14.2. The molecule has 7 nitrogen and oxygen atoms in total. The van der Waals surface area contributed by atoms with E-state index in [1.807, 2.05) is 18.2 Å². The SMILES string of the molecule is CC(C)(F)CN1CCC(COc2ccc(-c3ccccc3C(=O)N3CCC[C@H]3C(N)=O)cc2C#N)CC1. The number of ether oxygens (including phenoxy) is 1. The van der Waals surface area contributed by atoms with E-state index in [1.165, 1.54) is 0 Å². The Morgan fingerprint density at radius 2 is 1.86 bits per heavy atom. The quantitative estimate of drug-likeness (QED) is 0.580. The van der Waals surface area contributed by atoms with Gasteiger partial charge in [0.25, 0.3) is 5.91 Å². The van der Waals surface area contributed by atoms with Gasteiger partial charge in [-0.3, -0.25) is 9.59 Å². The Kier molecular flexibility index (Phi) is 8.13. The van der Waals surface area contributed by atoms with E-state index in [4.69, 9.17) is 10.5 Å². The first kappa shape index (κ1) is 26.6. The highest BCUT2D eigenvalue weighted by Crippen LogP contribution is 2.31. The van der Waals surface area contributed by atoms with Gasteiger partial charge in [-0.15, -0.1) is 0 Å². The first-order valence-electron chi connectivity index (χ1n) is 12.9. The van der Waals surface area contributed by atoms with Gasteiger partial charge in [0.05, 0.1) is 12.2 Å². The molecule has 2 aliphatic rings. The molecule has 196 valence electrons. The van der Waals surface area contributed by atoms with Crippen molar-refractivity contribution < 1.29 is 18.7 Å². The van der Waals surface area contributed by atoms with E-state index >= 15 is 0 Å². The Bertz CT molecular complexity index is 1180. The van der Waals surface area contributed by atoms with Crippen molar-refractivity contribution in [2.24, 2.45) is 11.7 Å². The van der Waals surface area contributed by atoms with Gasteiger partial charge in [-0.05, 0) is 87.9 Å². The molecule has 2 saturated heterocycles. The molecule has 2 N–H and O–H groups in total. The maximum absolute atomic E-state index is 13.9.